The number of fused-ring (bicyclic) bond motifs is 14. The van der Waals surface area contributed by atoms with Gasteiger partial charge < -0.3 is 13.9 Å². The molecule has 0 N–H and O–H groups in total. The number of hydrogen-bond acceptors (Lipinski definition) is 3. The summed E-state index contributed by atoms with van der Waals surface area (Å²) in [5.74, 6) is 2.44. The monoisotopic (exact) mass is 892 g/mol. The van der Waals surface area contributed by atoms with Gasteiger partial charge in [-0.25, -0.2) is 9.97 Å². The Hall–Kier alpha value is -9.32. The summed E-state index contributed by atoms with van der Waals surface area (Å²) in [5, 5.41) is 4.70. The molecule has 5 nitrogen and oxygen atoms in total. The Bertz CT molecular complexity index is 4160. The van der Waals surface area contributed by atoms with Crippen LogP contribution in [-0.4, -0.2) is 19.1 Å². The van der Waals surface area contributed by atoms with Gasteiger partial charge in [0.05, 0.1) is 44.6 Å². The Morgan fingerprint density at radius 3 is 1.64 bits per heavy atom. The van der Waals surface area contributed by atoms with Crippen molar-refractivity contribution in [3.05, 3.63) is 265 Å². The molecule has 2 aliphatic heterocycles. The van der Waals surface area contributed by atoms with E-state index in [9.17, 15) is 0 Å². The lowest BCUT2D eigenvalue weighted by Gasteiger charge is -2.45. The highest BCUT2D eigenvalue weighted by atomic mass is 16.5. The number of nitrogens with zero attached hydrogens (tertiary/aromatic N) is 4. The van der Waals surface area contributed by atoms with Crippen LogP contribution in [-0.2, 0) is 5.41 Å². The Labute approximate surface area is 403 Å². The molecule has 2 aliphatic rings. The molecule has 0 radical (unpaired) electrons. The molecule has 0 fully saturated rings. The van der Waals surface area contributed by atoms with Crippen molar-refractivity contribution in [2.75, 3.05) is 0 Å². The summed E-state index contributed by atoms with van der Waals surface area (Å²) in [6, 6.07) is 87.2. The summed E-state index contributed by atoms with van der Waals surface area (Å²) in [4.78, 5) is 10.7. The maximum absolute atomic E-state index is 6.75. The lowest BCUT2D eigenvalue weighted by atomic mass is 9.61. The third-order valence-corrected chi connectivity index (χ3v) is 14.8. The second-order valence-corrected chi connectivity index (χ2v) is 18.4. The summed E-state index contributed by atoms with van der Waals surface area (Å²) in [7, 11) is 0. The average molecular weight is 893 g/mol. The quantitative estimate of drug-likeness (QED) is 0.173. The van der Waals surface area contributed by atoms with Crippen LogP contribution in [0.2, 0.25) is 0 Å². The van der Waals surface area contributed by atoms with Gasteiger partial charge in [-0.05, 0) is 82.9 Å². The summed E-state index contributed by atoms with van der Waals surface area (Å²) in [5.41, 5.74) is 18.0. The zero-order valence-electron chi connectivity index (χ0n) is 37.8. The van der Waals surface area contributed by atoms with E-state index in [1.807, 2.05) is 12.1 Å². The van der Waals surface area contributed by atoms with Crippen LogP contribution in [0.25, 0.3) is 100 Å². The van der Waals surface area contributed by atoms with Crippen molar-refractivity contribution in [1.29, 1.82) is 0 Å². The predicted octanol–water partition coefficient (Wildman–Crippen LogP) is 16.1. The smallest absolute Gasteiger partial charge is 0.161 e. The van der Waals surface area contributed by atoms with Gasteiger partial charge in [0.15, 0.2) is 5.82 Å². The van der Waals surface area contributed by atoms with Gasteiger partial charge in [0.2, 0.25) is 0 Å². The van der Waals surface area contributed by atoms with Gasteiger partial charge >= 0.3 is 0 Å². The third-order valence-electron chi connectivity index (χ3n) is 14.8. The van der Waals surface area contributed by atoms with Crippen molar-refractivity contribution in [1.82, 2.24) is 19.1 Å². The molecule has 3 aromatic heterocycles. The molecule has 0 atom stereocenters. The van der Waals surface area contributed by atoms with Crippen molar-refractivity contribution in [2.24, 2.45) is 0 Å². The van der Waals surface area contributed by atoms with E-state index in [0.29, 0.717) is 5.82 Å². The van der Waals surface area contributed by atoms with E-state index in [2.05, 4.69) is 240 Å². The highest BCUT2D eigenvalue weighted by Gasteiger charge is 2.50. The maximum atomic E-state index is 6.75. The molecule has 0 saturated heterocycles. The van der Waals surface area contributed by atoms with Crippen molar-refractivity contribution in [2.45, 2.75) is 5.41 Å². The predicted molar refractivity (Wildman–Crippen MR) is 284 cm³/mol. The summed E-state index contributed by atoms with van der Waals surface area (Å²) < 4.78 is 11.6. The van der Waals surface area contributed by atoms with Gasteiger partial charge in [-0.15, -0.1) is 0 Å². The highest BCUT2D eigenvalue weighted by molar-refractivity contribution is 6.17. The fourth-order valence-corrected chi connectivity index (χ4v) is 11.9. The first-order valence-electron chi connectivity index (χ1n) is 23.9. The first-order valence-corrected chi connectivity index (χ1v) is 23.9. The van der Waals surface area contributed by atoms with E-state index < -0.39 is 5.41 Å². The van der Waals surface area contributed by atoms with Crippen molar-refractivity contribution in [3.8, 4) is 67.9 Å². The molecule has 1 spiro atoms. The molecule has 10 aromatic carbocycles. The van der Waals surface area contributed by atoms with Crippen molar-refractivity contribution in [3.63, 3.8) is 0 Å². The largest absolute Gasteiger partial charge is 0.457 e. The molecule has 5 heterocycles. The van der Waals surface area contributed by atoms with Gasteiger partial charge in [0.1, 0.15) is 11.5 Å². The molecule has 0 amide bonds. The van der Waals surface area contributed by atoms with E-state index >= 15 is 0 Å². The van der Waals surface area contributed by atoms with Crippen LogP contribution in [0, 0.1) is 0 Å². The van der Waals surface area contributed by atoms with E-state index in [1.165, 1.54) is 32.9 Å². The number of hydrogen-bond donors (Lipinski definition) is 0. The maximum Gasteiger partial charge on any atom is 0.161 e. The number of benzene rings is 10. The molecule has 0 aliphatic carbocycles. The summed E-state index contributed by atoms with van der Waals surface area (Å²) >= 11 is 0. The Morgan fingerprint density at radius 1 is 0.357 bits per heavy atom. The fraction of sp³-hybridized carbons (Fsp3) is 0.0154. The van der Waals surface area contributed by atoms with Gasteiger partial charge in [0.25, 0.3) is 0 Å². The number of aromatic nitrogens is 4. The zero-order valence-corrected chi connectivity index (χ0v) is 37.8. The van der Waals surface area contributed by atoms with E-state index in [4.69, 9.17) is 14.7 Å². The molecular weight excluding hydrogens is 853 g/mol. The van der Waals surface area contributed by atoms with E-state index in [1.54, 1.807) is 0 Å². The first-order chi connectivity index (χ1) is 34.7. The Balaban J connectivity index is 1.01. The standard InChI is InChI=1S/C65H40N4O/c1-4-18-41(19-5-1)54-40-55(42-20-6-2-7-21-42)67-64(66-54)48-26-17-31-58-62(48)49-38-43(35-37-57(49)68(58)45-22-8-3-9-23-45)44-34-36-50-59(39-44)69-56-30-13-10-24-46(56)47-25-16-29-53(63(47)69)65(50)51-27-11-14-32-60(51)70-61-33-15-12-28-52(61)65/h1-40H. The molecular formula is C65H40N4O. The molecule has 326 valence electrons. The topological polar surface area (TPSA) is 44.9 Å². The molecule has 15 rings (SSSR count). The van der Waals surface area contributed by atoms with Gasteiger partial charge in [-0.2, -0.15) is 0 Å². The van der Waals surface area contributed by atoms with Crippen LogP contribution in [0.3, 0.4) is 0 Å². The SMILES string of the molecule is c1ccc(-c2cc(-c3ccccc3)nc(-c3cccc4c3c3cc(-c5ccc6c(c5)-n5c7ccccc7c7cccc(c75)C65c6ccccc6Oc6ccccc65)ccc3n4-c3ccccc3)n2)cc1. The van der Waals surface area contributed by atoms with Gasteiger partial charge in [-0.1, -0.05) is 182 Å². The summed E-state index contributed by atoms with van der Waals surface area (Å²) in [6.07, 6.45) is 0. The highest BCUT2D eigenvalue weighted by Crippen LogP contribution is 2.60. The first kappa shape index (κ1) is 38.8. The zero-order chi connectivity index (χ0) is 45.9. The number of para-hydroxylation sites is 5. The van der Waals surface area contributed by atoms with E-state index in [-0.39, 0.29) is 0 Å². The lowest BCUT2D eigenvalue weighted by molar-refractivity contribution is 0.434. The minimum Gasteiger partial charge on any atom is -0.457 e. The van der Waals surface area contributed by atoms with Crippen LogP contribution >= 0.6 is 0 Å². The van der Waals surface area contributed by atoms with Gasteiger partial charge in [-0.3, -0.25) is 0 Å². The average Bonchev–Trinajstić information content (AvgIpc) is 3.96. The molecule has 0 saturated carbocycles. The molecule has 0 unspecified atom stereocenters. The van der Waals surface area contributed by atoms with Crippen LogP contribution in [0.5, 0.6) is 11.5 Å². The molecule has 5 heteroatoms. The van der Waals surface area contributed by atoms with E-state index in [0.717, 1.165) is 95.0 Å². The Kier molecular flexibility index (Phi) is 8.21. The number of rotatable bonds is 5. The van der Waals surface area contributed by atoms with Crippen molar-refractivity contribution < 1.29 is 4.74 Å². The molecule has 13 aromatic rings. The van der Waals surface area contributed by atoms with Gasteiger partial charge in [0, 0.05) is 55.0 Å². The summed E-state index contributed by atoms with van der Waals surface area (Å²) in [6.45, 7) is 0. The van der Waals surface area contributed by atoms with Crippen molar-refractivity contribution >= 4 is 43.6 Å². The second-order valence-electron chi connectivity index (χ2n) is 18.4. The fourth-order valence-electron chi connectivity index (χ4n) is 11.9. The van der Waals surface area contributed by atoms with Crippen LogP contribution in [0.4, 0.5) is 0 Å². The lowest BCUT2D eigenvalue weighted by Crippen LogP contribution is -2.37. The minimum atomic E-state index is -0.641. The second kappa shape index (κ2) is 14.8. The minimum absolute atomic E-state index is 0.641. The Morgan fingerprint density at radius 2 is 0.914 bits per heavy atom. The number of ether oxygens (including phenoxy) is 1. The van der Waals surface area contributed by atoms with Crippen LogP contribution in [0.15, 0.2) is 243 Å². The normalized spacial score (nSPS) is 13.1. The third kappa shape index (κ3) is 5.43. The van der Waals surface area contributed by atoms with Crippen LogP contribution in [0.1, 0.15) is 22.3 Å². The molecule has 0 bridgehead atoms. The van der Waals surface area contributed by atoms with Crippen LogP contribution < -0.4 is 4.74 Å². The molecule has 70 heavy (non-hydrogen) atoms.